The van der Waals surface area contributed by atoms with Gasteiger partial charge in [0, 0.05) is 64.6 Å². The SMILES string of the molecule is CC(=O)N1CCC2(CC1)N(C)C(=O)c1c(O)c(=O)c(-c3nnc(Cc4ccc(F)cc4F)s3)cn1N2C1CC1. The van der Waals surface area contributed by atoms with E-state index in [2.05, 4.69) is 15.2 Å². The second kappa shape index (κ2) is 9.11. The van der Waals surface area contributed by atoms with Gasteiger partial charge in [0.2, 0.25) is 11.3 Å². The van der Waals surface area contributed by atoms with Crippen LogP contribution in [0.15, 0.2) is 29.2 Å². The van der Waals surface area contributed by atoms with E-state index < -0.39 is 34.4 Å². The second-order valence-corrected chi connectivity index (χ2v) is 11.3. The molecule has 1 spiro atoms. The largest absolute Gasteiger partial charge is 0.502 e. The third-order valence-electron chi connectivity index (χ3n) is 7.91. The van der Waals surface area contributed by atoms with E-state index in [1.807, 2.05) is 0 Å². The van der Waals surface area contributed by atoms with Crippen LogP contribution < -0.4 is 10.4 Å². The molecule has 0 atom stereocenters. The molecule has 6 rings (SSSR count). The molecule has 1 saturated heterocycles. The number of aromatic hydroxyl groups is 1. The highest BCUT2D eigenvalue weighted by Gasteiger charge is 2.55. The first-order valence-electron chi connectivity index (χ1n) is 12.7. The van der Waals surface area contributed by atoms with Crippen molar-refractivity contribution in [3.63, 3.8) is 0 Å². The number of amides is 2. The van der Waals surface area contributed by atoms with Gasteiger partial charge in [0.25, 0.3) is 5.91 Å². The number of hydrogen-bond donors (Lipinski definition) is 1. The molecule has 10 nitrogen and oxygen atoms in total. The molecule has 2 amide bonds. The van der Waals surface area contributed by atoms with Gasteiger partial charge in [0.15, 0.2) is 16.5 Å². The number of hydrogen-bond acceptors (Lipinski definition) is 8. The maximum Gasteiger partial charge on any atom is 0.278 e. The number of fused-ring (bicyclic) bond motifs is 1. The Balaban J connectivity index is 1.41. The Morgan fingerprint density at radius 2 is 1.90 bits per heavy atom. The monoisotopic (exact) mass is 556 g/mol. The van der Waals surface area contributed by atoms with Gasteiger partial charge in [-0.15, -0.1) is 10.2 Å². The number of aromatic nitrogens is 3. The first-order chi connectivity index (χ1) is 18.6. The van der Waals surface area contributed by atoms with Crippen LogP contribution >= 0.6 is 11.3 Å². The van der Waals surface area contributed by atoms with Crippen LogP contribution in [-0.2, 0) is 11.2 Å². The van der Waals surface area contributed by atoms with E-state index >= 15 is 0 Å². The van der Waals surface area contributed by atoms with Crippen LogP contribution in [0.5, 0.6) is 5.75 Å². The minimum absolute atomic E-state index is 0.0239. The van der Waals surface area contributed by atoms with Crippen LogP contribution in [0.1, 0.15) is 53.7 Å². The third kappa shape index (κ3) is 4.06. The quantitative estimate of drug-likeness (QED) is 0.526. The van der Waals surface area contributed by atoms with Gasteiger partial charge >= 0.3 is 0 Å². The predicted molar refractivity (Wildman–Crippen MR) is 138 cm³/mol. The summed E-state index contributed by atoms with van der Waals surface area (Å²) in [6.45, 7) is 2.48. The van der Waals surface area contributed by atoms with Crippen LogP contribution in [0.4, 0.5) is 8.78 Å². The van der Waals surface area contributed by atoms with Gasteiger partial charge in [-0.1, -0.05) is 17.4 Å². The number of piperidine rings is 1. The molecule has 0 radical (unpaired) electrons. The van der Waals surface area contributed by atoms with E-state index in [0.717, 1.165) is 36.3 Å². The summed E-state index contributed by atoms with van der Waals surface area (Å²) in [6, 6.07) is 3.37. The molecular weight excluding hydrogens is 530 g/mol. The van der Waals surface area contributed by atoms with Gasteiger partial charge < -0.3 is 14.9 Å². The molecule has 39 heavy (non-hydrogen) atoms. The number of pyridine rings is 1. The van der Waals surface area contributed by atoms with Gasteiger partial charge in [-0.2, -0.15) is 0 Å². The lowest BCUT2D eigenvalue weighted by Crippen LogP contribution is -2.72. The molecule has 204 valence electrons. The van der Waals surface area contributed by atoms with E-state index in [-0.39, 0.29) is 40.2 Å². The predicted octanol–water partition coefficient (Wildman–Crippen LogP) is 2.47. The zero-order valence-electron chi connectivity index (χ0n) is 21.4. The Hall–Kier alpha value is -3.87. The number of benzene rings is 1. The first-order valence-corrected chi connectivity index (χ1v) is 13.5. The molecule has 3 aliphatic rings. The average Bonchev–Trinajstić information content (AvgIpc) is 3.63. The van der Waals surface area contributed by atoms with Gasteiger partial charge in [0.05, 0.1) is 5.56 Å². The lowest BCUT2D eigenvalue weighted by atomic mass is 9.92. The summed E-state index contributed by atoms with van der Waals surface area (Å²) < 4.78 is 29.1. The van der Waals surface area contributed by atoms with E-state index in [1.54, 1.807) is 21.5 Å². The topological polar surface area (TPSA) is 112 Å². The number of carbonyl (C=O) groups excluding carboxylic acids is 2. The summed E-state index contributed by atoms with van der Waals surface area (Å²) in [5.41, 5.74) is -1.30. The smallest absolute Gasteiger partial charge is 0.278 e. The average molecular weight is 557 g/mol. The van der Waals surface area contributed by atoms with Gasteiger partial charge in [-0.25, -0.2) is 8.78 Å². The normalized spacial score (nSPS) is 18.6. The van der Waals surface area contributed by atoms with Gasteiger partial charge in [-0.3, -0.25) is 24.1 Å². The minimum Gasteiger partial charge on any atom is -0.502 e. The van der Waals surface area contributed by atoms with Crippen LogP contribution in [0, 0.1) is 11.6 Å². The molecule has 1 aliphatic carbocycles. The van der Waals surface area contributed by atoms with Crippen molar-refractivity contribution in [3.05, 3.63) is 62.5 Å². The molecule has 2 aliphatic heterocycles. The summed E-state index contributed by atoms with van der Waals surface area (Å²) >= 11 is 1.06. The molecule has 1 N–H and O–H groups in total. The van der Waals surface area contributed by atoms with E-state index in [0.29, 0.717) is 30.9 Å². The lowest BCUT2D eigenvalue weighted by Gasteiger charge is -2.57. The van der Waals surface area contributed by atoms with Crippen LogP contribution in [0.3, 0.4) is 0 Å². The van der Waals surface area contributed by atoms with Crippen molar-refractivity contribution in [2.45, 2.75) is 50.7 Å². The first kappa shape index (κ1) is 25.4. The zero-order chi connectivity index (χ0) is 27.6. The molecule has 0 unspecified atom stereocenters. The van der Waals surface area contributed by atoms with Crippen molar-refractivity contribution >= 4 is 23.2 Å². The fourth-order valence-electron chi connectivity index (χ4n) is 5.65. The van der Waals surface area contributed by atoms with Crippen LogP contribution in [0.25, 0.3) is 10.6 Å². The molecule has 2 fully saturated rings. The number of carbonyl (C=O) groups is 2. The number of halogens is 2. The molecular formula is C26H26F2N6O4S. The van der Waals surface area contributed by atoms with Gasteiger partial charge in [-0.05, 0) is 24.5 Å². The summed E-state index contributed by atoms with van der Waals surface area (Å²) in [5, 5.41) is 21.9. The minimum atomic E-state index is -0.753. The Morgan fingerprint density at radius 3 is 2.54 bits per heavy atom. The van der Waals surface area contributed by atoms with Crippen LogP contribution in [-0.4, -0.2) is 73.4 Å². The highest BCUT2D eigenvalue weighted by atomic mass is 32.1. The Labute approximate surface area is 226 Å². The number of rotatable bonds is 4. The van der Waals surface area contributed by atoms with Crippen molar-refractivity contribution in [1.29, 1.82) is 0 Å². The molecule has 0 bridgehead atoms. The maximum atomic E-state index is 14.2. The highest BCUT2D eigenvalue weighted by Crippen LogP contribution is 2.43. The molecule has 1 aromatic carbocycles. The molecule has 1 saturated carbocycles. The van der Waals surface area contributed by atoms with Crippen LogP contribution in [0.2, 0.25) is 0 Å². The van der Waals surface area contributed by atoms with Crippen molar-refractivity contribution in [1.82, 2.24) is 24.7 Å². The summed E-state index contributed by atoms with van der Waals surface area (Å²) in [6.07, 6.45) is 4.37. The van der Waals surface area contributed by atoms with Crippen molar-refractivity contribution in [2.24, 2.45) is 0 Å². The fourth-order valence-corrected chi connectivity index (χ4v) is 6.52. The van der Waals surface area contributed by atoms with E-state index in [1.165, 1.54) is 19.2 Å². The second-order valence-electron chi connectivity index (χ2n) is 10.3. The van der Waals surface area contributed by atoms with E-state index in [9.17, 15) is 28.3 Å². The van der Waals surface area contributed by atoms with E-state index in [4.69, 9.17) is 0 Å². The number of nitrogens with zero attached hydrogens (tertiary/aromatic N) is 6. The summed E-state index contributed by atoms with van der Waals surface area (Å²) in [4.78, 5) is 42.2. The Morgan fingerprint density at radius 1 is 1.18 bits per heavy atom. The van der Waals surface area contributed by atoms with Crippen molar-refractivity contribution in [2.75, 3.05) is 25.1 Å². The van der Waals surface area contributed by atoms with Gasteiger partial charge in [0.1, 0.15) is 22.3 Å². The third-order valence-corrected chi connectivity index (χ3v) is 8.87. The fraction of sp³-hybridized carbons (Fsp3) is 0.423. The Bertz CT molecular complexity index is 1560. The lowest BCUT2D eigenvalue weighted by molar-refractivity contribution is -0.131. The molecule has 2 aromatic heterocycles. The molecule has 4 heterocycles. The number of likely N-dealkylation sites (tertiary alicyclic amines) is 1. The molecule has 3 aromatic rings. The van der Waals surface area contributed by atoms with Crippen molar-refractivity contribution < 1.29 is 23.5 Å². The molecule has 13 heteroatoms. The standard InChI is InChI=1S/C26H26F2N6O4S/c1-14(35)32-9-7-26(8-10-32)31(2)25(38)21-23(37)22(36)18(13-33(21)34(26)17-5-6-17)24-30-29-20(39-24)11-15-3-4-16(27)12-19(15)28/h3-4,12-13,17,37H,5-11H2,1-2H3. The zero-order valence-corrected chi connectivity index (χ0v) is 22.2. The maximum absolute atomic E-state index is 14.2. The summed E-state index contributed by atoms with van der Waals surface area (Å²) in [5.74, 6) is -2.57. The van der Waals surface area contributed by atoms with Crippen molar-refractivity contribution in [3.8, 4) is 16.3 Å². The highest BCUT2D eigenvalue weighted by molar-refractivity contribution is 7.14. The Kier molecular flexibility index (Phi) is 5.93. The summed E-state index contributed by atoms with van der Waals surface area (Å²) in [7, 11) is 1.67.